The molecule has 0 spiro atoms. The molecule has 1 saturated heterocycles. The van der Waals surface area contributed by atoms with Crippen LogP contribution in [0, 0.1) is 0 Å². The van der Waals surface area contributed by atoms with Crippen LogP contribution >= 0.6 is 0 Å². The van der Waals surface area contributed by atoms with Gasteiger partial charge >= 0.3 is 0 Å². The Balaban J connectivity index is 1.91. The van der Waals surface area contributed by atoms with Crippen LogP contribution < -0.4 is 10.6 Å². The number of amides is 1. The molecule has 1 aromatic rings. The Labute approximate surface area is 125 Å². The summed E-state index contributed by atoms with van der Waals surface area (Å²) < 4.78 is 0. The maximum absolute atomic E-state index is 11.6. The largest absolute Gasteiger partial charge is 0.373 e. The first-order valence-electron chi connectivity index (χ1n) is 7.72. The molecule has 114 valence electrons. The van der Waals surface area contributed by atoms with E-state index in [1.165, 1.54) is 6.42 Å². The molecule has 21 heavy (non-hydrogen) atoms. The van der Waals surface area contributed by atoms with E-state index in [-0.39, 0.29) is 5.91 Å². The lowest BCUT2D eigenvalue weighted by Crippen LogP contribution is -2.36. The molecular formula is C15H23N5O. The number of hydrogen-bond donors (Lipinski definition) is 2. The Morgan fingerprint density at radius 3 is 2.95 bits per heavy atom. The van der Waals surface area contributed by atoms with E-state index < -0.39 is 0 Å². The number of nitrogens with zero attached hydrogens (tertiary/aromatic N) is 3. The van der Waals surface area contributed by atoms with Crippen LogP contribution in [-0.4, -0.2) is 47.5 Å². The van der Waals surface area contributed by atoms with Crippen LogP contribution in [-0.2, 0) is 17.8 Å². The second-order valence-corrected chi connectivity index (χ2v) is 5.84. The lowest BCUT2D eigenvalue weighted by molar-refractivity contribution is -0.129. The van der Waals surface area contributed by atoms with Crippen molar-refractivity contribution in [2.24, 2.45) is 0 Å². The van der Waals surface area contributed by atoms with Crippen molar-refractivity contribution in [3.05, 3.63) is 17.1 Å². The number of carbonyl (C=O) groups excluding carboxylic acids is 1. The highest BCUT2D eigenvalue weighted by atomic mass is 16.2. The van der Waals surface area contributed by atoms with Crippen LogP contribution in [0.15, 0.2) is 0 Å². The van der Waals surface area contributed by atoms with Gasteiger partial charge in [0, 0.05) is 45.0 Å². The van der Waals surface area contributed by atoms with Gasteiger partial charge < -0.3 is 15.5 Å². The van der Waals surface area contributed by atoms with Crippen LogP contribution in [0.4, 0.5) is 5.82 Å². The molecule has 3 heterocycles. The van der Waals surface area contributed by atoms with Crippen molar-refractivity contribution in [1.29, 1.82) is 0 Å². The van der Waals surface area contributed by atoms with Gasteiger partial charge in [0.2, 0.25) is 5.91 Å². The predicted octanol–water partition coefficient (Wildman–Crippen LogP) is 0.890. The van der Waals surface area contributed by atoms with Gasteiger partial charge in [-0.2, -0.15) is 0 Å². The molecule has 0 aliphatic carbocycles. The molecule has 0 bridgehead atoms. The van der Waals surface area contributed by atoms with Crippen LogP contribution in [0.2, 0.25) is 0 Å². The smallest absolute Gasteiger partial charge is 0.219 e. The molecule has 0 unspecified atom stereocenters. The lowest BCUT2D eigenvalue weighted by atomic mass is 9.97. The third-order valence-electron chi connectivity index (χ3n) is 4.42. The van der Waals surface area contributed by atoms with Crippen LogP contribution in [0.5, 0.6) is 0 Å². The van der Waals surface area contributed by atoms with Gasteiger partial charge in [0.15, 0.2) is 0 Å². The number of hydrogen-bond acceptors (Lipinski definition) is 5. The Morgan fingerprint density at radius 2 is 2.29 bits per heavy atom. The highest BCUT2D eigenvalue weighted by Gasteiger charge is 2.26. The molecule has 0 saturated carbocycles. The number of piperidine rings is 1. The van der Waals surface area contributed by atoms with Crippen molar-refractivity contribution >= 4 is 11.7 Å². The summed E-state index contributed by atoms with van der Waals surface area (Å²) in [5.41, 5.74) is 2.18. The molecule has 6 nitrogen and oxygen atoms in total. The first-order chi connectivity index (χ1) is 10.2. The van der Waals surface area contributed by atoms with E-state index >= 15 is 0 Å². The molecule has 2 N–H and O–H groups in total. The first-order valence-corrected chi connectivity index (χ1v) is 7.72. The summed E-state index contributed by atoms with van der Waals surface area (Å²) in [6.45, 7) is 5.04. The summed E-state index contributed by atoms with van der Waals surface area (Å²) in [7, 11) is 1.89. The van der Waals surface area contributed by atoms with Gasteiger partial charge in [-0.05, 0) is 19.4 Å². The number of aromatic nitrogens is 2. The van der Waals surface area contributed by atoms with Crippen molar-refractivity contribution in [1.82, 2.24) is 20.2 Å². The molecule has 1 aromatic heterocycles. The van der Waals surface area contributed by atoms with Crippen LogP contribution in [0.25, 0.3) is 0 Å². The SMILES string of the molecule is CNc1nc([C@@H]2CCCNC2)nc2c1CN(C(C)=O)CC2. The maximum Gasteiger partial charge on any atom is 0.219 e. The average molecular weight is 289 g/mol. The zero-order valence-electron chi connectivity index (χ0n) is 12.8. The monoisotopic (exact) mass is 289 g/mol. The summed E-state index contributed by atoms with van der Waals surface area (Å²) in [6, 6.07) is 0. The first kappa shape index (κ1) is 14.3. The van der Waals surface area contributed by atoms with Gasteiger partial charge in [-0.3, -0.25) is 4.79 Å². The van der Waals surface area contributed by atoms with Crippen molar-refractivity contribution in [2.45, 2.75) is 38.6 Å². The normalized spacial score (nSPS) is 21.8. The maximum atomic E-state index is 11.6. The van der Waals surface area contributed by atoms with Gasteiger partial charge in [0.1, 0.15) is 11.6 Å². The van der Waals surface area contributed by atoms with E-state index in [1.54, 1.807) is 6.92 Å². The topological polar surface area (TPSA) is 70.2 Å². The molecule has 0 aromatic carbocycles. The highest BCUT2D eigenvalue weighted by Crippen LogP contribution is 2.28. The summed E-state index contributed by atoms with van der Waals surface area (Å²) in [4.78, 5) is 23.0. The quantitative estimate of drug-likeness (QED) is 0.846. The van der Waals surface area contributed by atoms with Crippen molar-refractivity contribution < 1.29 is 4.79 Å². The fourth-order valence-corrected chi connectivity index (χ4v) is 3.16. The van der Waals surface area contributed by atoms with Crippen LogP contribution in [0.1, 0.15) is 42.8 Å². The molecule has 6 heteroatoms. The lowest BCUT2D eigenvalue weighted by Gasteiger charge is -2.30. The van der Waals surface area contributed by atoms with Gasteiger partial charge in [-0.1, -0.05) is 0 Å². The number of anilines is 1. The second-order valence-electron chi connectivity index (χ2n) is 5.84. The van der Waals surface area contributed by atoms with Gasteiger partial charge in [0.05, 0.1) is 12.2 Å². The van der Waals surface area contributed by atoms with Crippen LogP contribution in [0.3, 0.4) is 0 Å². The predicted molar refractivity (Wildman–Crippen MR) is 81.2 cm³/mol. The van der Waals surface area contributed by atoms with E-state index in [9.17, 15) is 4.79 Å². The Kier molecular flexibility index (Phi) is 4.05. The Bertz CT molecular complexity index is 522. The molecule has 2 aliphatic heterocycles. The van der Waals surface area contributed by atoms with Crippen molar-refractivity contribution in [3.8, 4) is 0 Å². The number of fused-ring (bicyclic) bond motifs is 1. The molecule has 1 atom stereocenters. The second kappa shape index (κ2) is 5.97. The molecular weight excluding hydrogens is 266 g/mol. The van der Waals surface area contributed by atoms with E-state index in [2.05, 4.69) is 10.6 Å². The standard InChI is InChI=1S/C15H23N5O/c1-10(21)20-7-5-13-12(9-20)15(16-2)19-14(18-13)11-4-3-6-17-8-11/h11,17H,3-9H2,1-2H3,(H,16,18,19)/t11-/m1/s1. The molecule has 0 radical (unpaired) electrons. The third-order valence-corrected chi connectivity index (χ3v) is 4.42. The molecule has 1 fully saturated rings. The van der Waals surface area contributed by atoms with E-state index in [0.717, 1.165) is 55.4 Å². The Morgan fingerprint density at radius 1 is 1.43 bits per heavy atom. The summed E-state index contributed by atoms with van der Waals surface area (Å²) in [5.74, 6) is 2.35. The molecule has 2 aliphatic rings. The molecule has 3 rings (SSSR count). The minimum Gasteiger partial charge on any atom is -0.373 e. The minimum atomic E-state index is 0.114. The van der Waals surface area contributed by atoms with Gasteiger partial charge in [-0.25, -0.2) is 9.97 Å². The summed E-state index contributed by atoms with van der Waals surface area (Å²) in [5, 5.41) is 6.60. The minimum absolute atomic E-state index is 0.114. The number of rotatable bonds is 2. The molecule has 1 amide bonds. The average Bonchev–Trinajstić information content (AvgIpc) is 2.54. The fraction of sp³-hybridized carbons (Fsp3) is 0.667. The summed E-state index contributed by atoms with van der Waals surface area (Å²) >= 11 is 0. The number of carbonyl (C=O) groups is 1. The third kappa shape index (κ3) is 2.85. The number of nitrogens with one attached hydrogen (secondary N) is 2. The summed E-state index contributed by atoms with van der Waals surface area (Å²) in [6.07, 6.45) is 3.14. The van der Waals surface area contributed by atoms with E-state index in [4.69, 9.17) is 9.97 Å². The van der Waals surface area contributed by atoms with Gasteiger partial charge in [0.25, 0.3) is 0 Å². The van der Waals surface area contributed by atoms with Gasteiger partial charge in [-0.15, -0.1) is 0 Å². The Hall–Kier alpha value is -1.69. The van der Waals surface area contributed by atoms with Crippen molar-refractivity contribution in [3.63, 3.8) is 0 Å². The highest BCUT2D eigenvalue weighted by molar-refractivity contribution is 5.74. The zero-order chi connectivity index (χ0) is 14.8. The van der Waals surface area contributed by atoms with E-state index in [0.29, 0.717) is 12.5 Å². The zero-order valence-corrected chi connectivity index (χ0v) is 12.8. The van der Waals surface area contributed by atoms with Crippen molar-refractivity contribution in [2.75, 3.05) is 32.0 Å². The fourth-order valence-electron chi connectivity index (χ4n) is 3.16. The van der Waals surface area contributed by atoms with E-state index in [1.807, 2.05) is 11.9 Å².